The molecule has 1 unspecified atom stereocenters. The van der Waals surface area contributed by atoms with Gasteiger partial charge in [0.1, 0.15) is 0 Å². The first-order valence-electron chi connectivity index (χ1n) is 3.13. The van der Waals surface area contributed by atoms with Crippen LogP contribution in [0.15, 0.2) is 0 Å². The zero-order valence-electron chi connectivity index (χ0n) is 6.29. The summed E-state index contributed by atoms with van der Waals surface area (Å²) in [5.41, 5.74) is 0. The first-order valence-corrected chi connectivity index (χ1v) is 4.86. The molecule has 0 fully saturated rings. The highest BCUT2D eigenvalue weighted by Crippen LogP contribution is 1.91. The molecule has 1 amide bonds. The van der Waals surface area contributed by atoms with Crippen molar-refractivity contribution in [1.82, 2.24) is 4.90 Å². The zero-order chi connectivity index (χ0) is 7.98. The van der Waals surface area contributed by atoms with E-state index < -0.39 is 11.2 Å². The molecule has 0 aromatic carbocycles. The summed E-state index contributed by atoms with van der Waals surface area (Å²) in [5.74, 6) is 0.303. The molecule has 59 valence electrons. The second-order valence-corrected chi connectivity index (χ2v) is 3.46. The van der Waals surface area contributed by atoms with E-state index in [9.17, 15) is 9.35 Å². The van der Waals surface area contributed by atoms with Gasteiger partial charge < -0.3 is 4.55 Å². The van der Waals surface area contributed by atoms with E-state index in [1.165, 1.54) is 4.90 Å². The molecule has 0 saturated heterocycles. The van der Waals surface area contributed by atoms with E-state index in [1.54, 1.807) is 12.7 Å². The van der Waals surface area contributed by atoms with Gasteiger partial charge in [0, 0.05) is 6.54 Å². The van der Waals surface area contributed by atoms with Gasteiger partial charge in [-0.1, -0.05) is 6.92 Å². The van der Waals surface area contributed by atoms with E-state index in [1.807, 2.05) is 6.92 Å². The van der Waals surface area contributed by atoms with Gasteiger partial charge in [-0.25, -0.2) is 0 Å². The Kier molecular flexibility index (Phi) is 5.43. The fourth-order valence-corrected chi connectivity index (χ4v) is 1.25. The summed E-state index contributed by atoms with van der Waals surface area (Å²) in [6.45, 7) is 2.60. The van der Waals surface area contributed by atoms with Gasteiger partial charge in [0.25, 0.3) is 0 Å². The van der Waals surface area contributed by atoms with E-state index in [-0.39, 0.29) is 0 Å². The Bertz CT molecular complexity index is 97.7. The van der Waals surface area contributed by atoms with Crippen molar-refractivity contribution in [2.24, 2.45) is 0 Å². The average Bonchev–Trinajstić information content (AvgIpc) is 1.86. The topological polar surface area (TPSA) is 43.4 Å². The Morgan fingerprint density at radius 3 is 2.60 bits per heavy atom. The summed E-state index contributed by atoms with van der Waals surface area (Å²) < 4.78 is 10.6. The molecular formula is C6H12NO2S. The van der Waals surface area contributed by atoms with Crippen LogP contribution in [0.25, 0.3) is 0 Å². The van der Waals surface area contributed by atoms with Crippen LogP contribution in [0, 0.1) is 0 Å². The normalized spacial score (nSPS) is 12.7. The number of amides is 1. The predicted molar refractivity (Wildman–Crippen MR) is 41.6 cm³/mol. The second-order valence-electron chi connectivity index (χ2n) is 2.06. The van der Waals surface area contributed by atoms with Crippen molar-refractivity contribution >= 4 is 17.6 Å². The Labute approximate surface area is 64.6 Å². The zero-order valence-corrected chi connectivity index (χ0v) is 7.11. The first kappa shape index (κ1) is 9.78. The summed E-state index contributed by atoms with van der Waals surface area (Å²) in [6.07, 6.45) is 4.18. The minimum atomic E-state index is -0.934. The quantitative estimate of drug-likeness (QED) is 0.425. The third-order valence-electron chi connectivity index (χ3n) is 0.960. The van der Waals surface area contributed by atoms with Crippen LogP contribution in [0.2, 0.25) is 0 Å². The molecule has 0 bridgehead atoms. The van der Waals surface area contributed by atoms with E-state index in [4.69, 9.17) is 0 Å². The van der Waals surface area contributed by atoms with Gasteiger partial charge in [0.15, 0.2) is 5.88 Å². The van der Waals surface area contributed by atoms with Crippen molar-refractivity contribution in [2.45, 2.75) is 13.3 Å². The fraction of sp³-hybridized carbons (Fsp3) is 0.833. The van der Waals surface area contributed by atoms with Crippen LogP contribution in [-0.2, 0) is 16.0 Å². The molecule has 0 N–H and O–H groups in total. The molecule has 0 rings (SSSR count). The van der Waals surface area contributed by atoms with Gasteiger partial charge in [-0.15, -0.1) is 0 Å². The van der Waals surface area contributed by atoms with Gasteiger partial charge in [0.05, 0.1) is 6.26 Å². The monoisotopic (exact) mass is 162 g/mol. The lowest BCUT2D eigenvalue weighted by molar-refractivity contribution is 0.414. The molecule has 1 radical (unpaired) electrons. The summed E-state index contributed by atoms with van der Waals surface area (Å²) in [4.78, 5) is 11.5. The minimum Gasteiger partial charge on any atom is -0.615 e. The smallest absolute Gasteiger partial charge is 0.315 e. The number of carbonyl (C=O) groups excluding carboxylic acids is 1. The summed E-state index contributed by atoms with van der Waals surface area (Å²) in [5, 5.41) is 0. The van der Waals surface area contributed by atoms with E-state index in [0.717, 1.165) is 6.42 Å². The third kappa shape index (κ3) is 4.64. The fourth-order valence-electron chi connectivity index (χ4n) is 0.626. The minimum absolute atomic E-state index is 0.303. The van der Waals surface area contributed by atoms with Crippen molar-refractivity contribution in [3.8, 4) is 0 Å². The Morgan fingerprint density at radius 1 is 1.70 bits per heavy atom. The molecule has 1 atom stereocenters. The molecule has 0 aliphatic rings. The molecule has 0 aromatic heterocycles. The SMILES string of the molecule is CCCN([C]=O)C[S+](C)[O-]. The van der Waals surface area contributed by atoms with Gasteiger partial charge in [-0.2, -0.15) is 0 Å². The van der Waals surface area contributed by atoms with Crippen molar-refractivity contribution in [3.63, 3.8) is 0 Å². The molecule has 0 aliphatic heterocycles. The lowest BCUT2D eigenvalue weighted by atomic mass is 10.5. The molecule has 0 aromatic rings. The Morgan fingerprint density at radius 2 is 2.30 bits per heavy atom. The highest BCUT2D eigenvalue weighted by molar-refractivity contribution is 7.90. The standard InChI is InChI=1S/C6H12NO2S/c1-3-4-7(5-8)6-10(2)9/h3-4,6H2,1-2H3. The molecule has 3 nitrogen and oxygen atoms in total. The van der Waals surface area contributed by atoms with Crippen LogP contribution in [0.4, 0.5) is 0 Å². The van der Waals surface area contributed by atoms with Crippen molar-refractivity contribution in [3.05, 3.63) is 0 Å². The number of hydrogen-bond donors (Lipinski definition) is 0. The molecule has 4 heteroatoms. The van der Waals surface area contributed by atoms with Gasteiger partial charge in [0.2, 0.25) is 0 Å². The Hall–Kier alpha value is -0.220. The van der Waals surface area contributed by atoms with Crippen LogP contribution in [0.3, 0.4) is 0 Å². The van der Waals surface area contributed by atoms with Crippen LogP contribution in [-0.4, -0.2) is 34.5 Å². The van der Waals surface area contributed by atoms with Crippen LogP contribution < -0.4 is 0 Å². The first-order chi connectivity index (χ1) is 4.70. The van der Waals surface area contributed by atoms with Gasteiger partial charge >= 0.3 is 6.41 Å². The second kappa shape index (κ2) is 5.56. The van der Waals surface area contributed by atoms with Crippen LogP contribution in [0.5, 0.6) is 0 Å². The van der Waals surface area contributed by atoms with Crippen molar-refractivity contribution in [1.29, 1.82) is 0 Å². The molecular weight excluding hydrogens is 150 g/mol. The highest BCUT2D eigenvalue weighted by Gasteiger charge is 2.05. The largest absolute Gasteiger partial charge is 0.615 e. The summed E-state index contributed by atoms with van der Waals surface area (Å²) in [6, 6.07) is 0. The summed E-state index contributed by atoms with van der Waals surface area (Å²) in [7, 11) is 0. The van der Waals surface area contributed by atoms with Gasteiger partial charge in [-0.3, -0.25) is 9.69 Å². The maximum atomic E-state index is 10.6. The van der Waals surface area contributed by atoms with E-state index in [2.05, 4.69) is 0 Å². The lowest BCUT2D eigenvalue weighted by Crippen LogP contribution is -2.28. The summed E-state index contributed by atoms with van der Waals surface area (Å²) >= 11 is -0.934. The molecule has 0 saturated carbocycles. The number of rotatable bonds is 5. The van der Waals surface area contributed by atoms with Gasteiger partial charge in [-0.05, 0) is 17.6 Å². The predicted octanol–water partition coefficient (Wildman–Crippen LogP) is 0.102. The van der Waals surface area contributed by atoms with Crippen LogP contribution >= 0.6 is 0 Å². The maximum Gasteiger partial charge on any atom is 0.315 e. The number of nitrogens with zero attached hydrogens (tertiary/aromatic N) is 1. The van der Waals surface area contributed by atoms with Crippen molar-refractivity contribution in [2.75, 3.05) is 18.7 Å². The molecule has 0 aliphatic carbocycles. The number of hydrogen-bond acceptors (Lipinski definition) is 2. The molecule has 10 heavy (non-hydrogen) atoms. The highest BCUT2D eigenvalue weighted by atomic mass is 32.2. The lowest BCUT2D eigenvalue weighted by Gasteiger charge is -2.14. The Balaban J connectivity index is 3.49. The van der Waals surface area contributed by atoms with E-state index in [0.29, 0.717) is 12.4 Å². The van der Waals surface area contributed by atoms with E-state index >= 15 is 0 Å². The van der Waals surface area contributed by atoms with Crippen LogP contribution in [0.1, 0.15) is 13.3 Å². The molecule has 0 heterocycles. The third-order valence-corrected chi connectivity index (χ3v) is 1.64. The maximum absolute atomic E-state index is 10.6. The average molecular weight is 162 g/mol. The molecule has 0 spiro atoms. The van der Waals surface area contributed by atoms with Crippen molar-refractivity contribution < 1.29 is 9.35 Å².